The molecule has 0 fully saturated rings. The van der Waals surface area contributed by atoms with Crippen LogP contribution >= 0.6 is 0 Å². The molecule has 0 spiro atoms. The molecule has 0 aliphatic rings. The van der Waals surface area contributed by atoms with E-state index in [-0.39, 0.29) is 11.7 Å². The third kappa shape index (κ3) is 4.39. The predicted octanol–water partition coefficient (Wildman–Crippen LogP) is 3.86. The van der Waals surface area contributed by atoms with E-state index in [1.807, 2.05) is 56.1 Å². The SMILES string of the molecule is CCN(CCn1ccc(-c2ccc(F)cn2)n1)C(=O)c1cc(C)ccc1C. The molecular formula is C21H23FN4O. The number of nitrogens with zero attached hydrogens (tertiary/aromatic N) is 4. The number of carbonyl (C=O) groups is 1. The van der Waals surface area contributed by atoms with Gasteiger partial charge in [0.05, 0.1) is 18.4 Å². The quantitative estimate of drug-likeness (QED) is 0.666. The Kier molecular flexibility index (Phi) is 5.64. The molecule has 0 aliphatic heterocycles. The van der Waals surface area contributed by atoms with E-state index in [4.69, 9.17) is 0 Å². The number of carbonyl (C=O) groups excluding carboxylic acids is 1. The Bertz CT molecular complexity index is 934. The molecule has 1 amide bonds. The number of halogens is 1. The smallest absolute Gasteiger partial charge is 0.254 e. The van der Waals surface area contributed by atoms with Gasteiger partial charge in [-0.05, 0) is 50.6 Å². The molecule has 0 radical (unpaired) electrons. The van der Waals surface area contributed by atoms with Crippen LogP contribution in [0.5, 0.6) is 0 Å². The Hall–Kier alpha value is -3.02. The van der Waals surface area contributed by atoms with Crippen molar-refractivity contribution in [2.24, 2.45) is 0 Å². The molecule has 5 nitrogen and oxygen atoms in total. The first-order valence-corrected chi connectivity index (χ1v) is 9.00. The van der Waals surface area contributed by atoms with Crippen LogP contribution in [-0.2, 0) is 6.54 Å². The fraction of sp³-hybridized carbons (Fsp3) is 0.286. The highest BCUT2D eigenvalue weighted by Gasteiger charge is 2.16. The zero-order chi connectivity index (χ0) is 19.4. The largest absolute Gasteiger partial charge is 0.337 e. The summed E-state index contributed by atoms with van der Waals surface area (Å²) in [6.45, 7) is 7.67. The summed E-state index contributed by atoms with van der Waals surface area (Å²) in [5, 5.41) is 4.47. The maximum atomic E-state index is 13.0. The number of rotatable bonds is 6. The molecule has 2 heterocycles. The van der Waals surface area contributed by atoms with Gasteiger partial charge in [0.1, 0.15) is 11.5 Å². The van der Waals surface area contributed by atoms with Crippen LogP contribution in [0.3, 0.4) is 0 Å². The van der Waals surface area contributed by atoms with Crippen molar-refractivity contribution < 1.29 is 9.18 Å². The Morgan fingerprint density at radius 3 is 2.67 bits per heavy atom. The molecule has 0 saturated heterocycles. The number of aromatic nitrogens is 3. The molecule has 3 rings (SSSR count). The fourth-order valence-corrected chi connectivity index (χ4v) is 2.91. The Balaban J connectivity index is 1.68. The minimum absolute atomic E-state index is 0.0336. The Morgan fingerprint density at radius 1 is 1.15 bits per heavy atom. The molecule has 2 aromatic heterocycles. The van der Waals surface area contributed by atoms with E-state index in [2.05, 4.69) is 10.1 Å². The lowest BCUT2D eigenvalue weighted by Gasteiger charge is -2.22. The van der Waals surface area contributed by atoms with Crippen molar-refractivity contribution in [1.82, 2.24) is 19.7 Å². The first-order valence-electron chi connectivity index (χ1n) is 9.00. The summed E-state index contributed by atoms with van der Waals surface area (Å²) in [6.07, 6.45) is 3.02. The zero-order valence-corrected chi connectivity index (χ0v) is 15.8. The zero-order valence-electron chi connectivity index (χ0n) is 15.8. The number of likely N-dealkylation sites (N-methyl/N-ethyl adjacent to an activating group) is 1. The molecule has 3 aromatic rings. The highest BCUT2D eigenvalue weighted by Crippen LogP contribution is 2.15. The Morgan fingerprint density at radius 2 is 1.96 bits per heavy atom. The van der Waals surface area contributed by atoms with Crippen molar-refractivity contribution in [3.8, 4) is 11.4 Å². The van der Waals surface area contributed by atoms with Gasteiger partial charge in [-0.25, -0.2) is 4.39 Å². The van der Waals surface area contributed by atoms with Gasteiger partial charge in [0.2, 0.25) is 0 Å². The molecule has 0 N–H and O–H groups in total. The molecule has 1 aromatic carbocycles. The van der Waals surface area contributed by atoms with Gasteiger partial charge in [0.15, 0.2) is 0 Å². The van der Waals surface area contributed by atoms with Gasteiger partial charge in [0, 0.05) is 24.8 Å². The van der Waals surface area contributed by atoms with Crippen LogP contribution in [0.15, 0.2) is 48.8 Å². The summed E-state index contributed by atoms with van der Waals surface area (Å²) in [5.74, 6) is -0.340. The summed E-state index contributed by atoms with van der Waals surface area (Å²) < 4.78 is 14.8. The van der Waals surface area contributed by atoms with E-state index in [0.717, 1.165) is 16.7 Å². The van der Waals surface area contributed by atoms with Crippen LogP contribution < -0.4 is 0 Å². The summed E-state index contributed by atoms with van der Waals surface area (Å²) in [7, 11) is 0. The van der Waals surface area contributed by atoms with E-state index in [9.17, 15) is 9.18 Å². The third-order valence-electron chi connectivity index (χ3n) is 4.52. The van der Waals surface area contributed by atoms with Crippen LogP contribution in [0, 0.1) is 19.7 Å². The highest BCUT2D eigenvalue weighted by molar-refractivity contribution is 5.95. The van der Waals surface area contributed by atoms with Crippen LogP contribution in [0.25, 0.3) is 11.4 Å². The standard InChI is InChI=1S/C21H23FN4O/c1-4-25(21(27)18-13-15(2)5-6-16(18)3)11-12-26-10-9-20(24-26)19-8-7-17(22)14-23-19/h5-10,13-14H,4,11-12H2,1-3H3. The van der Waals surface area contributed by atoms with Crippen molar-refractivity contribution in [2.75, 3.05) is 13.1 Å². The van der Waals surface area contributed by atoms with E-state index >= 15 is 0 Å². The number of pyridine rings is 1. The summed E-state index contributed by atoms with van der Waals surface area (Å²) >= 11 is 0. The van der Waals surface area contributed by atoms with Gasteiger partial charge in [0.25, 0.3) is 5.91 Å². The van der Waals surface area contributed by atoms with Gasteiger partial charge >= 0.3 is 0 Å². The molecule has 0 unspecified atom stereocenters. The maximum Gasteiger partial charge on any atom is 0.254 e. The molecule has 6 heteroatoms. The number of benzene rings is 1. The molecule has 0 saturated carbocycles. The lowest BCUT2D eigenvalue weighted by Crippen LogP contribution is -2.34. The van der Waals surface area contributed by atoms with Crippen LogP contribution in [0.4, 0.5) is 4.39 Å². The summed E-state index contributed by atoms with van der Waals surface area (Å²) in [6, 6.07) is 10.7. The summed E-state index contributed by atoms with van der Waals surface area (Å²) in [4.78, 5) is 18.7. The molecule has 140 valence electrons. The first-order chi connectivity index (χ1) is 13.0. The topological polar surface area (TPSA) is 51.0 Å². The van der Waals surface area contributed by atoms with Crippen LogP contribution in [-0.4, -0.2) is 38.7 Å². The lowest BCUT2D eigenvalue weighted by atomic mass is 10.0. The lowest BCUT2D eigenvalue weighted by molar-refractivity contribution is 0.0756. The molecule has 0 aliphatic carbocycles. The van der Waals surface area contributed by atoms with Crippen molar-refractivity contribution in [3.05, 3.63) is 71.3 Å². The van der Waals surface area contributed by atoms with Crippen molar-refractivity contribution in [1.29, 1.82) is 0 Å². The number of aryl methyl sites for hydroxylation is 2. The molecule has 0 bridgehead atoms. The highest BCUT2D eigenvalue weighted by atomic mass is 19.1. The minimum atomic E-state index is -0.373. The Labute approximate surface area is 158 Å². The number of hydrogen-bond acceptors (Lipinski definition) is 3. The fourth-order valence-electron chi connectivity index (χ4n) is 2.91. The van der Waals surface area contributed by atoms with E-state index < -0.39 is 0 Å². The van der Waals surface area contributed by atoms with Crippen molar-refractivity contribution >= 4 is 5.91 Å². The van der Waals surface area contributed by atoms with E-state index in [0.29, 0.717) is 31.0 Å². The second-order valence-electron chi connectivity index (χ2n) is 6.53. The van der Waals surface area contributed by atoms with Crippen LogP contribution in [0.1, 0.15) is 28.4 Å². The normalized spacial score (nSPS) is 10.8. The second kappa shape index (κ2) is 8.12. The van der Waals surface area contributed by atoms with Crippen molar-refractivity contribution in [3.63, 3.8) is 0 Å². The predicted molar refractivity (Wildman–Crippen MR) is 103 cm³/mol. The average Bonchev–Trinajstić information content (AvgIpc) is 3.13. The molecular weight excluding hydrogens is 343 g/mol. The number of amides is 1. The van der Waals surface area contributed by atoms with Gasteiger partial charge < -0.3 is 4.90 Å². The average molecular weight is 366 g/mol. The monoisotopic (exact) mass is 366 g/mol. The van der Waals surface area contributed by atoms with E-state index in [1.54, 1.807) is 10.7 Å². The van der Waals surface area contributed by atoms with Crippen molar-refractivity contribution in [2.45, 2.75) is 27.3 Å². The maximum absolute atomic E-state index is 13.0. The number of hydrogen-bond donors (Lipinski definition) is 0. The first kappa shape index (κ1) is 18.8. The van der Waals surface area contributed by atoms with Gasteiger partial charge in [-0.15, -0.1) is 0 Å². The van der Waals surface area contributed by atoms with Gasteiger partial charge in [-0.3, -0.25) is 14.5 Å². The summed E-state index contributed by atoms with van der Waals surface area (Å²) in [5.41, 5.74) is 4.10. The molecule has 27 heavy (non-hydrogen) atoms. The third-order valence-corrected chi connectivity index (χ3v) is 4.52. The second-order valence-corrected chi connectivity index (χ2v) is 6.53. The van der Waals surface area contributed by atoms with E-state index in [1.165, 1.54) is 12.3 Å². The van der Waals surface area contributed by atoms with Gasteiger partial charge in [-0.1, -0.05) is 17.7 Å². The minimum Gasteiger partial charge on any atom is -0.337 e. The van der Waals surface area contributed by atoms with Gasteiger partial charge in [-0.2, -0.15) is 5.10 Å². The molecule has 0 atom stereocenters. The van der Waals surface area contributed by atoms with Crippen LogP contribution in [0.2, 0.25) is 0 Å².